The second-order valence-electron chi connectivity index (χ2n) is 5.79. The number of esters is 1. The molecule has 1 aromatic rings. The van der Waals surface area contributed by atoms with Crippen molar-refractivity contribution in [3.63, 3.8) is 0 Å². The minimum Gasteiger partial charge on any atom is -0.465 e. The van der Waals surface area contributed by atoms with Crippen LogP contribution in [0.3, 0.4) is 0 Å². The molecule has 22 heavy (non-hydrogen) atoms. The highest BCUT2D eigenvalue weighted by molar-refractivity contribution is 5.90. The molecule has 0 atom stereocenters. The fraction of sp³-hybridized carbons (Fsp3) is 0.688. The Hall–Kier alpha value is -1.04. The molecule has 1 saturated heterocycles. The molecule has 0 unspecified atom stereocenters. The fourth-order valence-corrected chi connectivity index (χ4v) is 2.94. The molecule has 0 radical (unpaired) electrons. The second kappa shape index (κ2) is 9.18. The Balaban J connectivity index is 0.00000242. The first-order chi connectivity index (χ1) is 10.1. The van der Waals surface area contributed by atoms with E-state index in [2.05, 4.69) is 10.2 Å². The van der Waals surface area contributed by atoms with Crippen molar-refractivity contribution in [2.45, 2.75) is 32.7 Å². The highest BCUT2D eigenvalue weighted by Crippen LogP contribution is 2.23. The van der Waals surface area contributed by atoms with Gasteiger partial charge in [-0.15, -0.1) is 12.4 Å². The van der Waals surface area contributed by atoms with Crippen molar-refractivity contribution in [2.75, 3.05) is 33.8 Å². The number of hydrogen-bond acceptors (Lipinski definition) is 5. The number of halogens is 1. The van der Waals surface area contributed by atoms with Gasteiger partial charge in [0.05, 0.1) is 13.7 Å². The minimum atomic E-state index is -0.326. The average Bonchev–Trinajstić information content (AvgIpc) is 2.86. The van der Waals surface area contributed by atoms with Crippen LogP contribution >= 0.6 is 12.4 Å². The maximum atomic E-state index is 11.6. The molecule has 0 bridgehead atoms. The summed E-state index contributed by atoms with van der Waals surface area (Å²) in [5.74, 6) is 1.99. The summed E-state index contributed by atoms with van der Waals surface area (Å²) in [5, 5.41) is 3.22. The van der Waals surface area contributed by atoms with E-state index in [1.165, 1.54) is 26.4 Å². The fourth-order valence-electron chi connectivity index (χ4n) is 2.94. The number of furan rings is 1. The van der Waals surface area contributed by atoms with Gasteiger partial charge in [0.1, 0.15) is 17.1 Å². The minimum absolute atomic E-state index is 0. The van der Waals surface area contributed by atoms with Crippen molar-refractivity contribution in [2.24, 2.45) is 5.92 Å². The number of ether oxygens (including phenoxy) is 1. The van der Waals surface area contributed by atoms with Crippen molar-refractivity contribution in [1.29, 1.82) is 0 Å². The van der Waals surface area contributed by atoms with Gasteiger partial charge in [0.2, 0.25) is 0 Å². The lowest BCUT2D eigenvalue weighted by Crippen LogP contribution is -2.33. The molecule has 5 nitrogen and oxygen atoms in total. The summed E-state index contributed by atoms with van der Waals surface area (Å²) in [5.41, 5.74) is 0.538. The predicted octanol–water partition coefficient (Wildman–Crippen LogP) is 2.62. The zero-order valence-corrected chi connectivity index (χ0v) is 14.5. The molecular formula is C16H27ClN2O3. The number of piperidine rings is 1. The van der Waals surface area contributed by atoms with Crippen LogP contribution in [-0.4, -0.2) is 44.7 Å². The van der Waals surface area contributed by atoms with Crippen LogP contribution in [0.25, 0.3) is 0 Å². The smallest absolute Gasteiger partial charge is 0.341 e. The van der Waals surface area contributed by atoms with Crippen LogP contribution in [-0.2, 0) is 11.3 Å². The first-order valence-electron chi connectivity index (χ1n) is 7.68. The van der Waals surface area contributed by atoms with E-state index in [0.29, 0.717) is 11.3 Å². The zero-order valence-electron chi connectivity index (χ0n) is 13.7. The molecule has 1 N–H and O–H groups in total. The van der Waals surface area contributed by atoms with Crippen LogP contribution < -0.4 is 5.32 Å². The lowest BCUT2D eigenvalue weighted by atomic mass is 9.93. The van der Waals surface area contributed by atoms with Gasteiger partial charge in [-0.05, 0) is 64.9 Å². The van der Waals surface area contributed by atoms with Gasteiger partial charge in [0.25, 0.3) is 0 Å². The van der Waals surface area contributed by atoms with Crippen molar-refractivity contribution in [1.82, 2.24) is 10.2 Å². The van der Waals surface area contributed by atoms with Crippen molar-refractivity contribution < 1.29 is 13.9 Å². The van der Waals surface area contributed by atoms with E-state index >= 15 is 0 Å². The standard InChI is InChI=1S/C16H26N2O3.ClH/c1-12-15(16(19)20-3)10-14(21-12)11-18-8-5-13(6-9-18)4-7-17-2;/h10,13,17H,4-9,11H2,1-3H3;1H. The molecule has 126 valence electrons. The lowest BCUT2D eigenvalue weighted by molar-refractivity contribution is 0.0599. The van der Waals surface area contributed by atoms with E-state index in [4.69, 9.17) is 9.15 Å². The number of carbonyl (C=O) groups excluding carboxylic acids is 1. The number of carbonyl (C=O) groups is 1. The molecule has 0 saturated carbocycles. The summed E-state index contributed by atoms with van der Waals surface area (Å²) in [4.78, 5) is 14.0. The van der Waals surface area contributed by atoms with Crippen LogP contribution in [0.4, 0.5) is 0 Å². The molecule has 0 aromatic carbocycles. The van der Waals surface area contributed by atoms with Crippen molar-refractivity contribution >= 4 is 18.4 Å². The van der Waals surface area contributed by atoms with Crippen molar-refractivity contribution in [3.05, 3.63) is 23.2 Å². The van der Waals surface area contributed by atoms with Crippen LogP contribution in [0.15, 0.2) is 10.5 Å². The van der Waals surface area contributed by atoms with Gasteiger partial charge >= 0.3 is 5.97 Å². The maximum Gasteiger partial charge on any atom is 0.341 e. The number of aryl methyl sites for hydroxylation is 1. The summed E-state index contributed by atoms with van der Waals surface area (Å²) < 4.78 is 10.4. The van der Waals surface area contributed by atoms with E-state index in [1.807, 2.05) is 13.1 Å². The number of nitrogens with one attached hydrogen (secondary N) is 1. The van der Waals surface area contributed by atoms with Gasteiger partial charge in [-0.3, -0.25) is 4.90 Å². The third kappa shape index (κ3) is 5.00. The van der Waals surface area contributed by atoms with Gasteiger partial charge in [-0.25, -0.2) is 4.79 Å². The molecule has 1 aliphatic heterocycles. The number of rotatable bonds is 6. The summed E-state index contributed by atoms with van der Waals surface area (Å²) in [6.07, 6.45) is 3.74. The third-order valence-electron chi connectivity index (χ3n) is 4.26. The first kappa shape index (κ1) is 19.0. The average molecular weight is 331 g/mol. The molecule has 0 aliphatic carbocycles. The zero-order chi connectivity index (χ0) is 15.2. The van der Waals surface area contributed by atoms with Gasteiger partial charge in [-0.1, -0.05) is 0 Å². The van der Waals surface area contributed by atoms with Crippen LogP contribution in [0.2, 0.25) is 0 Å². The Morgan fingerprint density at radius 3 is 2.73 bits per heavy atom. The molecular weight excluding hydrogens is 304 g/mol. The Morgan fingerprint density at radius 1 is 1.45 bits per heavy atom. The maximum absolute atomic E-state index is 11.6. The monoisotopic (exact) mass is 330 g/mol. The number of methoxy groups -OCH3 is 1. The van der Waals surface area contributed by atoms with Crippen LogP contribution in [0.5, 0.6) is 0 Å². The first-order valence-corrected chi connectivity index (χ1v) is 7.68. The Kier molecular flexibility index (Phi) is 7.93. The Bertz CT molecular complexity index is 468. The normalized spacial score (nSPS) is 16.3. The van der Waals surface area contributed by atoms with Crippen LogP contribution in [0, 0.1) is 12.8 Å². The molecule has 1 aliphatic rings. The summed E-state index contributed by atoms with van der Waals surface area (Å²) in [7, 11) is 3.40. The van der Waals surface area contributed by atoms with E-state index < -0.39 is 0 Å². The number of nitrogens with zero attached hydrogens (tertiary/aromatic N) is 1. The van der Waals surface area contributed by atoms with E-state index in [-0.39, 0.29) is 18.4 Å². The van der Waals surface area contributed by atoms with Gasteiger partial charge in [-0.2, -0.15) is 0 Å². The molecule has 1 fully saturated rings. The predicted molar refractivity (Wildman–Crippen MR) is 88.6 cm³/mol. The summed E-state index contributed by atoms with van der Waals surface area (Å²) >= 11 is 0. The molecule has 2 heterocycles. The molecule has 6 heteroatoms. The number of likely N-dealkylation sites (tertiary alicyclic amines) is 1. The third-order valence-corrected chi connectivity index (χ3v) is 4.26. The SMILES string of the molecule is CNCCC1CCN(Cc2cc(C(=O)OC)c(C)o2)CC1.Cl. The van der Waals surface area contributed by atoms with E-state index in [1.54, 1.807) is 6.92 Å². The summed E-state index contributed by atoms with van der Waals surface area (Å²) in [6.45, 7) is 5.88. The summed E-state index contributed by atoms with van der Waals surface area (Å²) in [6, 6.07) is 1.81. The van der Waals surface area contributed by atoms with Crippen LogP contribution in [0.1, 0.15) is 41.1 Å². The highest BCUT2D eigenvalue weighted by Gasteiger charge is 2.21. The quantitative estimate of drug-likeness (QED) is 0.813. The van der Waals surface area contributed by atoms with Gasteiger partial charge < -0.3 is 14.5 Å². The Labute approximate surface area is 138 Å². The molecule has 0 spiro atoms. The van der Waals surface area contributed by atoms with Gasteiger partial charge in [0.15, 0.2) is 0 Å². The largest absolute Gasteiger partial charge is 0.465 e. The highest BCUT2D eigenvalue weighted by atomic mass is 35.5. The number of hydrogen-bond donors (Lipinski definition) is 1. The van der Waals surface area contributed by atoms with E-state index in [9.17, 15) is 4.79 Å². The second-order valence-corrected chi connectivity index (χ2v) is 5.79. The molecule has 2 rings (SSSR count). The molecule has 0 amide bonds. The molecule has 1 aromatic heterocycles. The van der Waals surface area contributed by atoms with E-state index in [0.717, 1.165) is 37.9 Å². The lowest BCUT2D eigenvalue weighted by Gasteiger charge is -2.31. The van der Waals surface area contributed by atoms with Gasteiger partial charge in [0, 0.05) is 0 Å². The Morgan fingerprint density at radius 2 is 2.14 bits per heavy atom. The van der Waals surface area contributed by atoms with Crippen molar-refractivity contribution in [3.8, 4) is 0 Å². The topological polar surface area (TPSA) is 54.7 Å².